The van der Waals surface area contributed by atoms with Crippen LogP contribution in [0.3, 0.4) is 0 Å². The van der Waals surface area contributed by atoms with Crippen molar-refractivity contribution in [2.45, 2.75) is 408 Å². The molecule has 0 spiro atoms. The largest absolute Gasteiger partial charge is 0.472 e. The molecule has 0 radical (unpaired) electrons. The van der Waals surface area contributed by atoms with Crippen LogP contribution in [-0.2, 0) is 61.2 Å². The Morgan fingerprint density at radius 1 is 0.414 bits per heavy atom. The molecule has 11 N–H and O–H groups in total. The number of esters is 3. The molecule has 582 valence electrons. The molecule has 2 heterocycles. The lowest BCUT2D eigenvalue weighted by Gasteiger charge is -2.49. The Balaban J connectivity index is 1.73. The molecule has 25 heteroatoms. The number of hydrogen-bond donors (Lipinski definition) is 11. The second-order valence-corrected chi connectivity index (χ2v) is 29.8. The van der Waals surface area contributed by atoms with Gasteiger partial charge in [0.2, 0.25) is 0 Å². The molecule has 0 aromatic heterocycles. The number of aliphatic hydroxyl groups is 10. The zero-order chi connectivity index (χ0) is 72.6. The molecule has 1 aliphatic carbocycles. The first-order valence-electron chi connectivity index (χ1n) is 38.9. The highest BCUT2D eigenvalue weighted by Crippen LogP contribution is 2.49. The second-order valence-electron chi connectivity index (χ2n) is 28.3. The van der Waals surface area contributed by atoms with Gasteiger partial charge in [-0.1, -0.05) is 252 Å². The average Bonchev–Trinajstić information content (AvgIpc) is 0.765. The molecule has 19 atom stereocenters. The molecule has 3 fully saturated rings. The van der Waals surface area contributed by atoms with Gasteiger partial charge < -0.3 is 89.1 Å². The fourth-order valence-corrected chi connectivity index (χ4v) is 14.0. The normalized spacial score (nSPS) is 27.8. The zero-order valence-electron chi connectivity index (χ0n) is 61.0. The van der Waals surface area contributed by atoms with Gasteiger partial charge in [-0.15, -0.1) is 0 Å². The van der Waals surface area contributed by atoms with Gasteiger partial charge in [-0.05, 0) is 50.9 Å². The number of unbranched alkanes of at least 4 members (excludes halogenated alkanes) is 33. The minimum Gasteiger partial charge on any atom is -0.463 e. The number of allylic oxidation sites excluding steroid dienone is 2. The van der Waals surface area contributed by atoms with E-state index in [1.165, 1.54) is 122 Å². The van der Waals surface area contributed by atoms with Crippen molar-refractivity contribution in [3.05, 3.63) is 12.2 Å². The molecule has 0 bridgehead atoms. The van der Waals surface area contributed by atoms with Gasteiger partial charge in [0.15, 0.2) is 18.7 Å². The first kappa shape index (κ1) is 90.9. The number of carbonyl (C=O) groups excluding carboxylic acids is 3. The van der Waals surface area contributed by atoms with Gasteiger partial charge in [0.05, 0.1) is 13.2 Å². The minimum absolute atomic E-state index is 0.0298. The van der Waals surface area contributed by atoms with Crippen molar-refractivity contribution in [1.29, 1.82) is 0 Å². The van der Waals surface area contributed by atoms with Crippen LogP contribution in [0, 0.1) is 5.92 Å². The Hall–Kier alpha value is -2.30. The van der Waals surface area contributed by atoms with Crippen LogP contribution < -0.4 is 0 Å². The van der Waals surface area contributed by atoms with E-state index in [0.29, 0.717) is 25.2 Å². The van der Waals surface area contributed by atoms with Gasteiger partial charge in [0, 0.05) is 19.3 Å². The predicted molar refractivity (Wildman–Crippen MR) is 375 cm³/mol. The number of phosphoric acid groups is 1. The number of ether oxygens (including phenoxy) is 7. The fraction of sp³-hybridized carbons (Fsp3) is 0.932. The Morgan fingerprint density at radius 3 is 1.20 bits per heavy atom. The molecular formula is C74H137O24P. The third-order valence-corrected chi connectivity index (χ3v) is 20.4. The van der Waals surface area contributed by atoms with E-state index in [1.807, 2.05) is 0 Å². The Bertz CT molecular complexity index is 2110. The van der Waals surface area contributed by atoms with E-state index < -0.39 is 156 Å². The molecule has 0 aromatic carbocycles. The summed E-state index contributed by atoms with van der Waals surface area (Å²) in [6.45, 7) is 5.76. The van der Waals surface area contributed by atoms with Crippen LogP contribution >= 0.6 is 7.82 Å². The van der Waals surface area contributed by atoms with E-state index in [4.69, 9.17) is 42.2 Å². The van der Waals surface area contributed by atoms with Crippen LogP contribution in [0.15, 0.2) is 12.2 Å². The predicted octanol–water partition coefficient (Wildman–Crippen LogP) is 11.0. The maximum Gasteiger partial charge on any atom is 0.472 e. The molecule has 99 heavy (non-hydrogen) atoms. The lowest BCUT2D eigenvalue weighted by Crippen LogP contribution is -2.69. The van der Waals surface area contributed by atoms with Crippen molar-refractivity contribution in [3.8, 4) is 0 Å². The van der Waals surface area contributed by atoms with Gasteiger partial charge in [-0.25, -0.2) is 4.57 Å². The molecule has 24 nitrogen and oxygen atoms in total. The SMILES string of the molecule is CCCCCC/C=C\CCCCCCCCCC(=O)OCC(COP(=O)(O)OC1C(OC2OC(CO)C(O)C(O)C2O)C(O)C(O)C(O)C1OC1OC(COC(=O)CCCCCCCCC(C)CCCCCCCC)C(O)C(O)C1O)OC(=O)CCCCCCCCCCCCCCC. The molecule has 3 aliphatic rings. The summed E-state index contributed by atoms with van der Waals surface area (Å²) >= 11 is 0. The number of rotatable bonds is 60. The first-order chi connectivity index (χ1) is 47.7. The van der Waals surface area contributed by atoms with Crippen molar-refractivity contribution in [2.75, 3.05) is 26.4 Å². The highest BCUT2D eigenvalue weighted by molar-refractivity contribution is 7.47. The van der Waals surface area contributed by atoms with E-state index in [9.17, 15) is 74.9 Å². The van der Waals surface area contributed by atoms with Gasteiger partial charge in [-0.3, -0.25) is 23.4 Å². The summed E-state index contributed by atoms with van der Waals surface area (Å²) in [4.78, 5) is 51.1. The van der Waals surface area contributed by atoms with Gasteiger partial charge in [0.25, 0.3) is 0 Å². The molecule has 0 aromatic rings. The summed E-state index contributed by atoms with van der Waals surface area (Å²) in [7, 11) is -5.70. The van der Waals surface area contributed by atoms with Gasteiger partial charge in [0.1, 0.15) is 98.7 Å². The highest BCUT2D eigenvalue weighted by Gasteiger charge is 2.58. The third kappa shape index (κ3) is 38.5. The standard InChI is InChI=1S/C74H137O24P/c1-5-8-11-14-17-19-21-23-24-26-27-29-31-37-42-47-58(76)90-51-55(93-60(78)49-44-39-32-30-28-25-22-20-18-15-12-9-6-2)52-92-99(88,89)98-72-70(96-73-68(86)63(81)61(79)56(50-75)94-73)66(84)65(83)67(85)71(72)97-74-69(87)64(82)62(80)57(95-74)53-91-59(77)48-43-38-34-33-36-41-46-54(4)45-40-35-16-13-10-7-3/h19,21,54-57,61-75,79-87H,5-18,20,22-53H2,1-4H3,(H,88,89)/b21-19-. The first-order valence-corrected chi connectivity index (χ1v) is 40.4. The third-order valence-electron chi connectivity index (χ3n) is 19.4. The van der Waals surface area contributed by atoms with Gasteiger partial charge >= 0.3 is 25.7 Å². The Kier molecular flexibility index (Phi) is 50.7. The minimum atomic E-state index is -5.70. The van der Waals surface area contributed by atoms with Crippen LogP contribution in [0.4, 0.5) is 0 Å². The van der Waals surface area contributed by atoms with Crippen molar-refractivity contribution in [3.63, 3.8) is 0 Å². The smallest absolute Gasteiger partial charge is 0.463 e. The lowest BCUT2D eigenvalue weighted by molar-refractivity contribution is -0.360. The number of carbonyl (C=O) groups is 3. The second kappa shape index (κ2) is 55.2. The molecule has 19 unspecified atom stereocenters. The molecule has 2 aliphatic heterocycles. The van der Waals surface area contributed by atoms with Crippen LogP contribution in [0.1, 0.15) is 304 Å². The zero-order valence-corrected chi connectivity index (χ0v) is 61.8. The number of hydrogen-bond acceptors (Lipinski definition) is 23. The summed E-state index contributed by atoms with van der Waals surface area (Å²) in [6.07, 6.45) is 12.7. The topological polar surface area (TPSA) is 374 Å². The van der Waals surface area contributed by atoms with Crippen molar-refractivity contribution < 1.29 is 117 Å². The van der Waals surface area contributed by atoms with Crippen LogP contribution in [0.5, 0.6) is 0 Å². The van der Waals surface area contributed by atoms with Crippen LogP contribution in [0.25, 0.3) is 0 Å². The van der Waals surface area contributed by atoms with E-state index in [1.54, 1.807) is 0 Å². The molecule has 0 amide bonds. The number of phosphoric ester groups is 1. The average molecular weight is 1440 g/mol. The summed E-state index contributed by atoms with van der Waals surface area (Å²) in [6, 6.07) is 0. The fourth-order valence-electron chi connectivity index (χ4n) is 13.0. The summed E-state index contributed by atoms with van der Waals surface area (Å²) in [5, 5.41) is 110. The quantitative estimate of drug-likeness (QED) is 0.00886. The maximum atomic E-state index is 14.3. The highest BCUT2D eigenvalue weighted by atomic mass is 31.2. The van der Waals surface area contributed by atoms with Gasteiger partial charge in [-0.2, -0.15) is 0 Å². The van der Waals surface area contributed by atoms with Crippen molar-refractivity contribution >= 4 is 25.7 Å². The molecule has 3 rings (SSSR count). The number of aliphatic hydroxyl groups excluding tert-OH is 10. The van der Waals surface area contributed by atoms with E-state index >= 15 is 0 Å². The molecular weight excluding hydrogens is 1300 g/mol. The van der Waals surface area contributed by atoms with Crippen molar-refractivity contribution in [1.82, 2.24) is 0 Å². The monoisotopic (exact) mass is 1440 g/mol. The summed E-state index contributed by atoms with van der Waals surface area (Å²) in [5.41, 5.74) is 0. The molecule has 1 saturated carbocycles. The van der Waals surface area contributed by atoms with E-state index in [-0.39, 0.29) is 19.3 Å². The maximum absolute atomic E-state index is 14.3. The van der Waals surface area contributed by atoms with Crippen molar-refractivity contribution in [2.24, 2.45) is 5.92 Å². The van der Waals surface area contributed by atoms with Crippen LogP contribution in [0.2, 0.25) is 0 Å². The lowest BCUT2D eigenvalue weighted by atomic mass is 9.84. The molecule has 2 saturated heterocycles. The van der Waals surface area contributed by atoms with Crippen LogP contribution in [-0.4, -0.2) is 204 Å². The summed E-state index contributed by atoms with van der Waals surface area (Å²) < 4.78 is 65.1. The van der Waals surface area contributed by atoms with E-state index in [0.717, 1.165) is 116 Å². The summed E-state index contributed by atoms with van der Waals surface area (Å²) in [5.74, 6) is -1.29. The Labute approximate surface area is 592 Å². The Morgan fingerprint density at radius 2 is 0.768 bits per heavy atom. The van der Waals surface area contributed by atoms with E-state index in [2.05, 4.69) is 39.8 Å².